The molecule has 2 aromatic rings. The maximum Gasteiger partial charge on any atom is 0.0605 e. The van der Waals surface area contributed by atoms with E-state index in [-0.39, 0.29) is 23.0 Å². The molecule has 0 radical (unpaired) electrons. The molecule has 3 aliphatic rings. The van der Waals surface area contributed by atoms with Crippen LogP contribution in [-0.4, -0.2) is 27.4 Å². The minimum Gasteiger partial charge on any atom is -0.393 e. The van der Waals surface area contributed by atoms with E-state index in [9.17, 15) is 10.2 Å². The molecule has 168 valence electrons. The van der Waals surface area contributed by atoms with Crippen molar-refractivity contribution in [3.63, 3.8) is 0 Å². The van der Waals surface area contributed by atoms with Crippen LogP contribution < -0.4 is 0 Å². The number of benzene rings is 1. The fourth-order valence-corrected chi connectivity index (χ4v) is 8.69. The molecule has 3 aliphatic carbocycles. The van der Waals surface area contributed by atoms with Gasteiger partial charge in [0.25, 0.3) is 0 Å². The molecular formula is C28H39NO2. The summed E-state index contributed by atoms with van der Waals surface area (Å²) in [7, 11) is 0. The van der Waals surface area contributed by atoms with Crippen molar-refractivity contribution < 1.29 is 10.2 Å². The third kappa shape index (κ3) is 2.66. The van der Waals surface area contributed by atoms with Gasteiger partial charge in [0, 0.05) is 27.9 Å². The largest absolute Gasteiger partial charge is 0.393 e. The van der Waals surface area contributed by atoms with Gasteiger partial charge in [0.15, 0.2) is 0 Å². The van der Waals surface area contributed by atoms with Crippen LogP contribution in [0.5, 0.6) is 0 Å². The lowest BCUT2D eigenvalue weighted by molar-refractivity contribution is -0.266. The van der Waals surface area contributed by atoms with Crippen LogP contribution in [0, 0.1) is 34.5 Å². The molecule has 0 amide bonds. The van der Waals surface area contributed by atoms with Gasteiger partial charge >= 0.3 is 0 Å². The number of aliphatic hydroxyl groups excluding tert-OH is 2. The van der Waals surface area contributed by atoms with Gasteiger partial charge in [-0.15, -0.1) is 0 Å². The predicted octanol–water partition coefficient (Wildman–Crippen LogP) is 6.04. The number of fused-ring (bicyclic) bond motifs is 1. The van der Waals surface area contributed by atoms with Crippen LogP contribution in [0.15, 0.2) is 42.6 Å². The fraction of sp³-hybridized carbons (Fsp3) is 0.643. The normalized spacial score (nSPS) is 45.2. The van der Waals surface area contributed by atoms with E-state index >= 15 is 0 Å². The minimum atomic E-state index is -0.353. The average Bonchev–Trinajstić information content (AvgIpc) is 3.17. The maximum atomic E-state index is 11.7. The van der Waals surface area contributed by atoms with Crippen LogP contribution in [0.1, 0.15) is 71.3 Å². The molecule has 31 heavy (non-hydrogen) atoms. The highest BCUT2D eigenvalue weighted by molar-refractivity contribution is 5.83. The van der Waals surface area contributed by atoms with Crippen LogP contribution in [-0.2, 0) is 0 Å². The summed E-state index contributed by atoms with van der Waals surface area (Å²) in [6, 6.07) is 8.61. The Morgan fingerprint density at radius 2 is 1.84 bits per heavy atom. The summed E-state index contributed by atoms with van der Waals surface area (Å²) < 4.78 is 0. The first-order chi connectivity index (χ1) is 14.7. The molecule has 3 nitrogen and oxygen atoms in total. The molecular weight excluding hydrogens is 382 g/mol. The topological polar surface area (TPSA) is 56.2 Å². The van der Waals surface area contributed by atoms with E-state index in [0.29, 0.717) is 29.6 Å². The van der Waals surface area contributed by atoms with Crippen LogP contribution in [0.2, 0.25) is 0 Å². The SMILES string of the molecule is C=C(C)[C@H]1CC[C@@]23[C@@H]([C@@H]1c1c[nH]c4ccccc14)[C@@H](C)C[C@@H](O)[C@]2(C)[C@@H](C)CC[C@H]3O. The van der Waals surface area contributed by atoms with E-state index in [1.54, 1.807) is 0 Å². The number of aromatic nitrogens is 1. The zero-order valence-electron chi connectivity index (χ0n) is 19.6. The molecule has 3 N–H and O–H groups in total. The number of allylic oxidation sites excluding steroid dienone is 1. The van der Waals surface area contributed by atoms with Crippen molar-refractivity contribution in [2.24, 2.45) is 34.5 Å². The van der Waals surface area contributed by atoms with Crippen molar-refractivity contribution in [1.82, 2.24) is 4.98 Å². The second-order valence-electron chi connectivity index (χ2n) is 11.4. The van der Waals surface area contributed by atoms with Crippen LogP contribution in [0.4, 0.5) is 0 Å². The first-order valence-electron chi connectivity index (χ1n) is 12.3. The number of H-pyrrole nitrogens is 1. The zero-order chi connectivity index (χ0) is 22.1. The first-order valence-corrected chi connectivity index (χ1v) is 12.3. The molecule has 3 heteroatoms. The van der Waals surface area contributed by atoms with Crippen molar-refractivity contribution >= 4 is 10.9 Å². The number of hydrogen-bond donors (Lipinski definition) is 3. The molecule has 0 saturated heterocycles. The number of para-hydroxylation sites is 1. The Bertz CT molecular complexity index is 994. The summed E-state index contributed by atoms with van der Waals surface area (Å²) in [6.45, 7) is 13.6. The second-order valence-corrected chi connectivity index (χ2v) is 11.4. The molecule has 9 atom stereocenters. The smallest absolute Gasteiger partial charge is 0.0605 e. The van der Waals surface area contributed by atoms with Crippen LogP contribution in [0.25, 0.3) is 10.9 Å². The quantitative estimate of drug-likeness (QED) is 0.518. The molecule has 1 heterocycles. The van der Waals surface area contributed by atoms with Gasteiger partial charge in [-0.2, -0.15) is 0 Å². The van der Waals surface area contributed by atoms with E-state index in [1.807, 2.05) is 0 Å². The summed E-state index contributed by atoms with van der Waals surface area (Å²) in [5.74, 6) is 1.80. The van der Waals surface area contributed by atoms with Crippen molar-refractivity contribution in [3.8, 4) is 0 Å². The molecule has 3 fully saturated rings. The molecule has 3 saturated carbocycles. The van der Waals surface area contributed by atoms with Gasteiger partial charge in [0.2, 0.25) is 0 Å². The van der Waals surface area contributed by atoms with Crippen molar-refractivity contribution in [2.45, 2.75) is 77.9 Å². The maximum absolute atomic E-state index is 11.7. The molecule has 0 bridgehead atoms. The van der Waals surface area contributed by atoms with E-state index < -0.39 is 0 Å². The Morgan fingerprint density at radius 3 is 2.58 bits per heavy atom. The highest BCUT2D eigenvalue weighted by Crippen LogP contribution is 2.72. The Kier molecular flexibility index (Phi) is 4.95. The minimum absolute atomic E-state index is 0.253. The van der Waals surface area contributed by atoms with Gasteiger partial charge in [0.1, 0.15) is 0 Å². The van der Waals surface area contributed by atoms with E-state index in [1.165, 1.54) is 22.0 Å². The summed E-state index contributed by atoms with van der Waals surface area (Å²) in [4.78, 5) is 3.52. The van der Waals surface area contributed by atoms with Crippen LogP contribution >= 0.6 is 0 Å². The number of hydrogen-bond acceptors (Lipinski definition) is 2. The number of aliphatic hydroxyl groups is 2. The molecule has 0 aliphatic heterocycles. The summed E-state index contributed by atoms with van der Waals surface area (Å²) in [5, 5.41) is 24.5. The first kappa shape index (κ1) is 21.3. The summed E-state index contributed by atoms with van der Waals surface area (Å²) in [6.07, 6.45) is 6.21. The Balaban J connectivity index is 1.75. The van der Waals surface area contributed by atoms with Gasteiger partial charge in [-0.05, 0) is 80.2 Å². The number of aromatic amines is 1. The third-order valence-corrected chi connectivity index (χ3v) is 10.3. The third-order valence-electron chi connectivity index (χ3n) is 10.3. The zero-order valence-corrected chi connectivity index (χ0v) is 19.6. The molecule has 1 aromatic heterocycles. The second kappa shape index (κ2) is 7.22. The lowest BCUT2D eigenvalue weighted by Crippen LogP contribution is -2.69. The van der Waals surface area contributed by atoms with Crippen molar-refractivity contribution in [3.05, 3.63) is 48.2 Å². The molecule has 1 aromatic carbocycles. The highest BCUT2D eigenvalue weighted by atomic mass is 16.3. The Labute approximate surface area is 187 Å². The van der Waals surface area contributed by atoms with Crippen molar-refractivity contribution in [1.29, 1.82) is 0 Å². The van der Waals surface area contributed by atoms with E-state index in [0.717, 1.165) is 32.1 Å². The van der Waals surface area contributed by atoms with Gasteiger partial charge in [-0.3, -0.25) is 0 Å². The predicted molar refractivity (Wildman–Crippen MR) is 127 cm³/mol. The van der Waals surface area contributed by atoms with Gasteiger partial charge in [-0.1, -0.05) is 51.1 Å². The average molecular weight is 422 g/mol. The summed E-state index contributed by atoms with van der Waals surface area (Å²) in [5.41, 5.74) is 3.30. The fourth-order valence-electron chi connectivity index (χ4n) is 8.69. The lowest BCUT2D eigenvalue weighted by atomic mass is 9.35. The summed E-state index contributed by atoms with van der Waals surface area (Å²) >= 11 is 0. The van der Waals surface area contributed by atoms with E-state index in [2.05, 4.69) is 69.7 Å². The number of nitrogens with one attached hydrogen (secondary N) is 1. The monoisotopic (exact) mass is 421 g/mol. The van der Waals surface area contributed by atoms with E-state index in [4.69, 9.17) is 0 Å². The number of rotatable bonds is 2. The molecule has 0 unspecified atom stereocenters. The van der Waals surface area contributed by atoms with Gasteiger partial charge in [-0.25, -0.2) is 0 Å². The lowest BCUT2D eigenvalue weighted by Gasteiger charge is -2.70. The highest BCUT2D eigenvalue weighted by Gasteiger charge is 2.70. The Hall–Kier alpha value is -1.58. The standard InChI is InChI=1S/C28H39NO2/c1-16(2)19-12-13-28-23(30)11-10-18(4)27(28,5)24(31)14-17(3)26(28)25(19)21-15-29-22-9-7-6-8-20(21)22/h6-9,15,17-19,23-26,29-31H,1,10-14H2,2-5H3/t17-,18-,19+,23+,24+,25-,26+,27-,28+/m0/s1. The van der Waals surface area contributed by atoms with Gasteiger partial charge < -0.3 is 15.2 Å². The van der Waals surface area contributed by atoms with Gasteiger partial charge in [0.05, 0.1) is 12.2 Å². The molecule has 5 rings (SSSR count). The molecule has 1 spiro atoms. The Morgan fingerprint density at radius 1 is 1.10 bits per heavy atom. The van der Waals surface area contributed by atoms with Crippen molar-refractivity contribution in [2.75, 3.05) is 0 Å². The van der Waals surface area contributed by atoms with Crippen LogP contribution in [0.3, 0.4) is 0 Å².